The van der Waals surface area contributed by atoms with Crippen LogP contribution < -0.4 is 10.6 Å². The Morgan fingerprint density at radius 2 is 1.79 bits per heavy atom. The summed E-state index contributed by atoms with van der Waals surface area (Å²) in [7, 11) is 0. The molecule has 2 aromatic heterocycles. The zero-order valence-electron chi connectivity index (χ0n) is 21.0. The monoisotopic (exact) mass is 548 g/mol. The van der Waals surface area contributed by atoms with Gasteiger partial charge in [0.15, 0.2) is 5.16 Å². The lowest BCUT2D eigenvalue weighted by atomic mass is 10.0. The smallest absolute Gasteiger partial charge is 0.326 e. The molecule has 1 N–H and O–H groups in total. The Labute approximate surface area is 230 Å². The standard InChI is InChI=1S/C28H29ClN6O2S/c29-24-17-25(33-12-3-4-13-33)32-27(31-24)38-18-19-6-5-7-20(16-19)26(36)34-14-10-21(11-15-34)35-23-9-2-1-8-22(23)30-28(35)37/h1-2,5-9,16-17,21H,3-4,10-15,18H2,(H,30,37). The predicted octanol–water partition coefficient (Wildman–Crippen LogP) is 5.14. The first kappa shape index (κ1) is 25.0. The minimum absolute atomic E-state index is 0.0249. The molecule has 0 spiro atoms. The van der Waals surface area contributed by atoms with Crippen molar-refractivity contribution in [2.24, 2.45) is 0 Å². The highest BCUT2D eigenvalue weighted by atomic mass is 35.5. The number of amides is 1. The Hall–Kier alpha value is -3.30. The van der Waals surface area contributed by atoms with Crippen molar-refractivity contribution in [3.05, 3.63) is 81.4 Å². The number of nitrogens with zero attached hydrogens (tertiary/aromatic N) is 5. The molecule has 8 nitrogen and oxygen atoms in total. The van der Waals surface area contributed by atoms with Crippen LogP contribution >= 0.6 is 23.4 Å². The second-order valence-electron chi connectivity index (χ2n) is 9.86. The van der Waals surface area contributed by atoms with Crippen molar-refractivity contribution in [1.29, 1.82) is 0 Å². The van der Waals surface area contributed by atoms with E-state index in [4.69, 9.17) is 16.6 Å². The van der Waals surface area contributed by atoms with Gasteiger partial charge in [0.05, 0.1) is 11.0 Å². The van der Waals surface area contributed by atoms with Crippen LogP contribution in [-0.4, -0.2) is 56.5 Å². The topological polar surface area (TPSA) is 87.1 Å². The molecule has 1 amide bonds. The van der Waals surface area contributed by atoms with Gasteiger partial charge in [-0.25, -0.2) is 14.8 Å². The van der Waals surface area contributed by atoms with Crippen LogP contribution in [0.1, 0.15) is 47.6 Å². The van der Waals surface area contributed by atoms with E-state index in [1.54, 1.807) is 0 Å². The first-order valence-corrected chi connectivity index (χ1v) is 14.4. The van der Waals surface area contributed by atoms with Crippen LogP contribution in [0.15, 0.2) is 64.5 Å². The lowest BCUT2D eigenvalue weighted by Crippen LogP contribution is -2.40. The Balaban J connectivity index is 1.10. The van der Waals surface area contributed by atoms with Crippen molar-refractivity contribution in [1.82, 2.24) is 24.4 Å². The molecule has 2 aliphatic rings. The lowest BCUT2D eigenvalue weighted by molar-refractivity contribution is 0.0695. The fraction of sp³-hybridized carbons (Fsp3) is 0.357. The Kier molecular flexibility index (Phi) is 7.12. The van der Waals surface area contributed by atoms with Gasteiger partial charge in [0.25, 0.3) is 5.91 Å². The van der Waals surface area contributed by atoms with Crippen LogP contribution in [0.4, 0.5) is 5.82 Å². The maximum Gasteiger partial charge on any atom is 0.326 e. The largest absolute Gasteiger partial charge is 0.356 e. The second kappa shape index (κ2) is 10.8. The van der Waals surface area contributed by atoms with Crippen molar-refractivity contribution in [3.63, 3.8) is 0 Å². The second-order valence-corrected chi connectivity index (χ2v) is 11.2. The first-order valence-electron chi connectivity index (χ1n) is 13.0. The van der Waals surface area contributed by atoms with Crippen molar-refractivity contribution >= 4 is 46.1 Å². The van der Waals surface area contributed by atoms with Gasteiger partial charge in [0.2, 0.25) is 0 Å². The SMILES string of the molecule is O=C(c1cccc(CSc2nc(Cl)cc(N3CCCC3)n2)c1)N1CCC(n2c(=O)[nH]c3ccccc32)CC1. The summed E-state index contributed by atoms with van der Waals surface area (Å²) in [4.78, 5) is 42.1. The number of hydrogen-bond donors (Lipinski definition) is 1. The Bertz CT molecular complexity index is 1520. The number of carbonyl (C=O) groups is 1. The van der Waals surface area contributed by atoms with Crippen LogP contribution in [-0.2, 0) is 5.75 Å². The predicted molar refractivity (Wildman–Crippen MR) is 151 cm³/mol. The molecule has 38 heavy (non-hydrogen) atoms. The van der Waals surface area contributed by atoms with Gasteiger partial charge in [-0.15, -0.1) is 0 Å². The molecule has 6 rings (SSSR count). The number of halogens is 1. The van der Waals surface area contributed by atoms with Gasteiger partial charge in [0.1, 0.15) is 11.0 Å². The van der Waals surface area contributed by atoms with Gasteiger partial charge in [-0.2, -0.15) is 0 Å². The minimum Gasteiger partial charge on any atom is -0.356 e. The molecule has 0 aliphatic carbocycles. The first-order chi connectivity index (χ1) is 18.5. The van der Waals surface area contributed by atoms with Gasteiger partial charge < -0.3 is 14.8 Å². The molecule has 196 valence electrons. The van der Waals surface area contributed by atoms with E-state index < -0.39 is 0 Å². The summed E-state index contributed by atoms with van der Waals surface area (Å²) in [5.41, 5.74) is 3.39. The van der Waals surface area contributed by atoms with E-state index in [1.807, 2.05) is 64.1 Å². The number of likely N-dealkylation sites (tertiary alicyclic amines) is 1. The van der Waals surface area contributed by atoms with Crippen LogP contribution in [0.25, 0.3) is 11.0 Å². The molecule has 2 aromatic carbocycles. The van der Waals surface area contributed by atoms with Gasteiger partial charge >= 0.3 is 5.69 Å². The fourth-order valence-electron chi connectivity index (χ4n) is 5.45. The molecule has 2 fully saturated rings. The van der Waals surface area contributed by atoms with Crippen LogP contribution in [0, 0.1) is 0 Å². The number of imidazole rings is 1. The summed E-state index contributed by atoms with van der Waals surface area (Å²) in [5.74, 6) is 1.55. The molecular weight excluding hydrogens is 520 g/mol. The number of rotatable bonds is 6. The molecular formula is C28H29ClN6O2S. The number of nitrogens with one attached hydrogen (secondary N) is 1. The van der Waals surface area contributed by atoms with E-state index in [0.717, 1.165) is 48.3 Å². The summed E-state index contributed by atoms with van der Waals surface area (Å²) in [6.45, 7) is 3.23. The molecule has 2 saturated heterocycles. The zero-order valence-corrected chi connectivity index (χ0v) is 22.5. The molecule has 0 radical (unpaired) electrons. The van der Waals surface area contributed by atoms with Crippen molar-refractivity contribution < 1.29 is 4.79 Å². The number of fused-ring (bicyclic) bond motifs is 1. The van der Waals surface area contributed by atoms with Crippen molar-refractivity contribution in [2.75, 3.05) is 31.1 Å². The minimum atomic E-state index is -0.0857. The van der Waals surface area contributed by atoms with Crippen molar-refractivity contribution in [3.8, 4) is 0 Å². The fourth-order valence-corrected chi connectivity index (χ4v) is 6.47. The number of thioether (sulfide) groups is 1. The highest BCUT2D eigenvalue weighted by Gasteiger charge is 2.27. The zero-order chi connectivity index (χ0) is 26.1. The summed E-state index contributed by atoms with van der Waals surface area (Å²) in [5, 5.41) is 1.09. The number of anilines is 1. The molecule has 10 heteroatoms. The van der Waals surface area contributed by atoms with Gasteiger partial charge in [0, 0.05) is 49.6 Å². The highest BCUT2D eigenvalue weighted by Crippen LogP contribution is 2.28. The number of H-pyrrole nitrogens is 1. The molecule has 0 unspecified atom stereocenters. The third kappa shape index (κ3) is 5.17. The molecule has 0 atom stereocenters. The van der Waals surface area contributed by atoms with Crippen LogP contribution in [0.2, 0.25) is 5.15 Å². The van der Waals surface area contributed by atoms with Gasteiger partial charge in [-0.1, -0.05) is 47.6 Å². The summed E-state index contributed by atoms with van der Waals surface area (Å²) in [6, 6.07) is 17.4. The molecule has 4 aromatic rings. The number of benzene rings is 2. The van der Waals surface area contributed by atoms with Gasteiger partial charge in [-0.3, -0.25) is 9.36 Å². The third-order valence-corrected chi connectivity index (χ3v) is 8.49. The average Bonchev–Trinajstić information content (AvgIpc) is 3.59. The normalized spacial score (nSPS) is 16.4. The van der Waals surface area contributed by atoms with E-state index in [-0.39, 0.29) is 17.6 Å². The number of hydrogen-bond acceptors (Lipinski definition) is 6. The summed E-state index contributed by atoms with van der Waals surface area (Å²) < 4.78 is 1.85. The lowest BCUT2D eigenvalue weighted by Gasteiger charge is -2.32. The highest BCUT2D eigenvalue weighted by molar-refractivity contribution is 7.98. The molecule has 4 heterocycles. The Morgan fingerprint density at radius 1 is 1.00 bits per heavy atom. The van der Waals surface area contributed by atoms with Crippen LogP contribution in [0.3, 0.4) is 0 Å². The Morgan fingerprint density at radius 3 is 2.61 bits per heavy atom. The number of aromatic amines is 1. The maximum absolute atomic E-state index is 13.3. The number of aromatic nitrogens is 4. The maximum atomic E-state index is 13.3. The third-order valence-electron chi connectivity index (χ3n) is 7.37. The van der Waals surface area contributed by atoms with Gasteiger partial charge in [-0.05, 0) is 55.5 Å². The summed E-state index contributed by atoms with van der Waals surface area (Å²) >= 11 is 7.81. The number of carbonyl (C=O) groups excluding carboxylic acids is 1. The quantitative estimate of drug-likeness (QED) is 0.204. The van der Waals surface area contributed by atoms with E-state index in [1.165, 1.54) is 24.6 Å². The average molecular weight is 549 g/mol. The number of piperidine rings is 1. The van der Waals surface area contributed by atoms with E-state index in [2.05, 4.69) is 14.9 Å². The number of para-hydroxylation sites is 2. The van der Waals surface area contributed by atoms with E-state index in [9.17, 15) is 9.59 Å². The molecule has 0 bridgehead atoms. The molecule has 0 saturated carbocycles. The summed E-state index contributed by atoms with van der Waals surface area (Å²) in [6.07, 6.45) is 3.83. The van der Waals surface area contributed by atoms with E-state index in [0.29, 0.717) is 34.7 Å². The van der Waals surface area contributed by atoms with E-state index >= 15 is 0 Å². The molecule has 2 aliphatic heterocycles. The van der Waals surface area contributed by atoms with Crippen molar-refractivity contribution in [2.45, 2.75) is 42.6 Å². The van der Waals surface area contributed by atoms with Crippen LogP contribution in [0.5, 0.6) is 0 Å².